The highest BCUT2D eigenvalue weighted by molar-refractivity contribution is 6.03. The third-order valence-corrected chi connectivity index (χ3v) is 15.4. The number of rotatable bonds is 20. The van der Waals surface area contributed by atoms with Gasteiger partial charge in [0.25, 0.3) is 17.1 Å². The van der Waals surface area contributed by atoms with Crippen LogP contribution in [0.1, 0.15) is 89.0 Å². The molecule has 101 heavy (non-hydrogen) atoms. The third kappa shape index (κ3) is 18.2. The summed E-state index contributed by atoms with van der Waals surface area (Å²) in [6.07, 6.45) is 4.62. The van der Waals surface area contributed by atoms with E-state index in [2.05, 4.69) is 48.7 Å². The molecule has 4 aliphatic rings. The van der Waals surface area contributed by atoms with Crippen molar-refractivity contribution in [3.8, 4) is 45.1 Å². The highest BCUT2D eigenvalue weighted by Gasteiger charge is 2.32. The van der Waals surface area contributed by atoms with Crippen LogP contribution in [0.4, 0.5) is 36.2 Å². The second-order valence-corrected chi connectivity index (χ2v) is 22.3. The lowest BCUT2D eigenvalue weighted by Crippen LogP contribution is -2.44. The summed E-state index contributed by atoms with van der Waals surface area (Å²) in [5.41, 5.74) is 8.59. The number of carbonyl (C=O) groups excluding carboxylic acids is 7. The molecule has 6 N–H and O–H groups in total. The number of nitrogens with zero attached hydrogens (tertiary/aromatic N) is 9. The molecule has 1 aliphatic carbocycles. The summed E-state index contributed by atoms with van der Waals surface area (Å²) in [7, 11) is 0. The standard InChI is InChI=1S/C20H21NO4.2C16H14N4O5.C15H12N4O6.CH4/c1-12(2)18(19(22)23)21-20(24)25-11-17-15-9-5-3-7-13(15)14-8-4-6-10-16(14)17;2*1-2-10-7-13(11-3-5-12(6-4-11)20(23)24)25-14(10)8-17-19-9-15(21)18-16(19)22;20-8-10-5-12(9-1-3-11(4-2-9)19(23)24)25-13(10)6-16-18-7-14(21)17-15(18)22;/h3-10,12,17-18H,11H2,1-2H3,(H,21,24)(H,22,23);2*3-8H,2,9H2,1H3,(H,18,21,22);1-6,20H,7-8H2,(H,17,21,22);1H4/p+2/b;2*17-8+;16-6+;/t18-;;;;/m0..../s1. The van der Waals surface area contributed by atoms with Gasteiger partial charge < -0.3 is 33.5 Å². The summed E-state index contributed by atoms with van der Waals surface area (Å²) in [6, 6.07) is 36.3. The number of amides is 10. The number of non-ortho nitro benzene ring substituents is 3. The summed E-state index contributed by atoms with van der Waals surface area (Å²) < 4.78 is 22.5. The number of carbonyl (C=O) groups is 8. The number of aliphatic carboxylic acids is 1. The molecule has 0 radical (unpaired) electrons. The van der Waals surface area contributed by atoms with Crippen molar-refractivity contribution in [2.24, 2.45) is 21.2 Å². The van der Waals surface area contributed by atoms with Gasteiger partial charge in [0.15, 0.2) is 17.3 Å². The molecule has 6 heterocycles. The Hall–Kier alpha value is -13.3. The average molecular weight is 1390 g/mol. The van der Waals surface area contributed by atoms with E-state index in [1.807, 2.05) is 62.4 Å². The van der Waals surface area contributed by atoms with E-state index in [-0.39, 0.29) is 77.8 Å². The lowest BCUT2D eigenvalue weighted by molar-refractivity contribution is -0.385. The number of aliphatic hydroxyl groups excluding tert-OH is 1. The Balaban J connectivity index is 0.000000214. The van der Waals surface area contributed by atoms with Crippen molar-refractivity contribution < 1.29 is 84.2 Å². The number of aliphatic hydroxyl groups is 1. The fourth-order valence-electron chi connectivity index (χ4n) is 10.2. The van der Waals surface area contributed by atoms with Crippen molar-refractivity contribution in [2.45, 2.75) is 66.5 Å². The van der Waals surface area contributed by atoms with Crippen LogP contribution in [0.15, 0.2) is 168 Å². The highest BCUT2D eigenvalue weighted by atomic mass is 16.6. The summed E-state index contributed by atoms with van der Waals surface area (Å²) in [5, 5.41) is 74.2. The molecular weight excluding hydrogens is 1320 g/mol. The summed E-state index contributed by atoms with van der Waals surface area (Å²) in [6.45, 7) is 6.74. The predicted octanol–water partition coefficient (Wildman–Crippen LogP) is 10.3. The molecule has 3 fully saturated rings. The van der Waals surface area contributed by atoms with Crippen LogP contribution in [0.5, 0.6) is 0 Å². The number of hydrogen-bond donors (Lipinski definition) is 6. The molecule has 33 heteroatoms. The van der Waals surface area contributed by atoms with Gasteiger partial charge >= 0.3 is 33.0 Å². The molecule has 0 saturated carbocycles. The summed E-state index contributed by atoms with van der Waals surface area (Å²) >= 11 is 0. The molecule has 1 atom stereocenters. The first-order valence-electron chi connectivity index (χ1n) is 30.5. The van der Waals surface area contributed by atoms with E-state index in [4.69, 9.17) is 23.1 Å². The maximum atomic E-state index is 12.0. The number of fused-ring (bicyclic) bond motifs is 3. The van der Waals surface area contributed by atoms with Crippen molar-refractivity contribution in [3.05, 3.63) is 215 Å². The fraction of sp³-hybridized carbons (Fsp3) is 0.221. The van der Waals surface area contributed by atoms with Crippen LogP contribution >= 0.6 is 0 Å². The maximum absolute atomic E-state index is 12.0. The van der Waals surface area contributed by atoms with Crippen LogP contribution in [0.2, 0.25) is 0 Å². The van der Waals surface area contributed by atoms with E-state index in [1.165, 1.54) is 67.2 Å². The molecule has 0 unspecified atom stereocenters. The van der Waals surface area contributed by atoms with Crippen LogP contribution in [-0.2, 0) is 43.4 Å². The number of nitrogens with one attached hydrogen (secondary N) is 4. The van der Waals surface area contributed by atoms with E-state index in [9.17, 15) is 73.8 Å². The number of aryl methyl sites for hydroxylation is 2. The van der Waals surface area contributed by atoms with Gasteiger partial charge in [-0.2, -0.15) is 15.3 Å². The monoisotopic (exact) mass is 1390 g/mol. The number of nitro groups is 3. The van der Waals surface area contributed by atoms with Crippen LogP contribution in [0, 0.1) is 36.3 Å². The lowest BCUT2D eigenvalue weighted by atomic mass is 9.98. The zero-order valence-corrected chi connectivity index (χ0v) is 53.5. The molecule has 12 rings (SSSR count). The molecule has 0 spiro atoms. The summed E-state index contributed by atoms with van der Waals surface area (Å²) in [5.74, 6) is -0.0353. The minimum atomic E-state index is -1.07. The van der Waals surface area contributed by atoms with Gasteiger partial charge in [-0.3, -0.25) is 60.7 Å². The average Bonchev–Trinajstić information content (AvgIpc) is 1.62. The van der Waals surface area contributed by atoms with Gasteiger partial charge in [-0.1, -0.05) is 83.7 Å². The third-order valence-electron chi connectivity index (χ3n) is 15.4. The van der Waals surface area contributed by atoms with E-state index >= 15 is 0 Å². The van der Waals surface area contributed by atoms with Gasteiger partial charge in [0, 0.05) is 64.6 Å². The molecule has 3 saturated heterocycles. The number of ether oxygens (including phenoxy) is 1. The molecular formula is C68H67N13O20+2. The number of carboxylic acids is 1. The quantitative estimate of drug-likeness (QED) is 0.0179. The second kappa shape index (κ2) is 33.1. The van der Waals surface area contributed by atoms with Gasteiger partial charge in [-0.05, 0) is 107 Å². The first-order valence-corrected chi connectivity index (χ1v) is 30.5. The second-order valence-electron chi connectivity index (χ2n) is 22.3. The van der Waals surface area contributed by atoms with E-state index in [1.54, 1.807) is 44.2 Å². The van der Waals surface area contributed by atoms with Gasteiger partial charge in [0.05, 0.1) is 40.0 Å². The number of furan rings is 3. The van der Waals surface area contributed by atoms with Crippen molar-refractivity contribution >= 4 is 83.6 Å². The minimum absolute atomic E-state index is 0. The first-order chi connectivity index (χ1) is 47.9. The Kier molecular flexibility index (Phi) is 24.1. The van der Waals surface area contributed by atoms with Gasteiger partial charge in [-0.15, -0.1) is 0 Å². The molecule has 3 aliphatic heterocycles. The molecule has 10 amide bonds. The molecule has 3 aromatic heterocycles. The minimum Gasteiger partial charge on any atom is -0.480 e. The Bertz CT molecular complexity index is 4180. The van der Waals surface area contributed by atoms with Gasteiger partial charge in [-0.25, -0.2) is 39.0 Å². The van der Waals surface area contributed by atoms with Crippen molar-refractivity contribution in [2.75, 3.05) is 26.2 Å². The number of alkyl carbamates (subject to hydrolysis) is 1. The zero-order chi connectivity index (χ0) is 71.9. The fourth-order valence-corrected chi connectivity index (χ4v) is 10.2. The maximum Gasteiger partial charge on any atom is 1.00 e. The Morgan fingerprint density at radius 2 is 0.901 bits per heavy atom. The topological polar surface area (TPSA) is 450 Å². The lowest BCUT2D eigenvalue weighted by Gasteiger charge is -2.19. The largest absolute Gasteiger partial charge is 1.00 e. The Morgan fingerprint density at radius 1 is 0.574 bits per heavy atom. The number of carboxylic acid groups (broad SMARTS) is 1. The predicted molar refractivity (Wildman–Crippen MR) is 364 cm³/mol. The van der Waals surface area contributed by atoms with Crippen LogP contribution in [0.3, 0.4) is 0 Å². The van der Waals surface area contributed by atoms with Crippen molar-refractivity contribution in [3.63, 3.8) is 0 Å². The van der Waals surface area contributed by atoms with Crippen molar-refractivity contribution in [1.29, 1.82) is 0 Å². The van der Waals surface area contributed by atoms with Crippen LogP contribution in [0.25, 0.3) is 45.1 Å². The van der Waals surface area contributed by atoms with Crippen LogP contribution in [-0.4, -0.2) is 139 Å². The van der Waals surface area contributed by atoms with Crippen molar-refractivity contribution in [1.82, 2.24) is 36.3 Å². The zero-order valence-electron chi connectivity index (χ0n) is 55.5. The number of hydrogen-bond acceptors (Lipinski definition) is 22. The Labute approximate surface area is 576 Å². The van der Waals surface area contributed by atoms with Gasteiger partial charge in [0.2, 0.25) is 17.7 Å². The highest BCUT2D eigenvalue weighted by Crippen LogP contribution is 2.44. The van der Waals surface area contributed by atoms with E-state index in [0.717, 1.165) is 48.4 Å². The van der Waals surface area contributed by atoms with Gasteiger partial charge in [0.1, 0.15) is 49.6 Å². The summed E-state index contributed by atoms with van der Waals surface area (Å²) in [4.78, 5) is 122. The molecule has 33 nitrogen and oxygen atoms in total. The number of hydrazone groups is 3. The SMILES string of the molecule is C.CC(C)[C@H](NC(=O)OCC1c2ccccc2-c2ccccc21)C(=O)O.CCc1cc(-c2ccc([N+](=O)[O-])cc2)oc1/C=N/N1CC(=O)NC1=O.CCc1cc(-c2ccc([N+](=O)[O-])cc2)oc1/C=N/N1CC(=O)NC1=O.O=C1CN(/N=C/c2oc(-c3ccc([N+](=O)[O-])cc3)cc2CO)C(=O)N1.[H+].[H+]. The molecule has 5 aromatic carbocycles. The number of imide groups is 3. The normalized spacial score (nSPS) is 14.1. The number of urea groups is 3. The smallest absolute Gasteiger partial charge is 0.480 e. The number of nitro benzene ring substituents is 3. The first kappa shape index (κ1) is 73.5. The molecule has 522 valence electrons. The molecule has 8 aromatic rings. The molecule has 0 bridgehead atoms. The Morgan fingerprint density at radius 3 is 1.19 bits per heavy atom. The number of benzene rings is 5. The van der Waals surface area contributed by atoms with E-state index in [0.29, 0.717) is 63.9 Å². The van der Waals surface area contributed by atoms with Crippen LogP contribution < -0.4 is 21.3 Å². The van der Waals surface area contributed by atoms with E-state index < -0.39 is 68.7 Å².